The number of H-pyrrole nitrogens is 1. The number of aliphatic hydroxyl groups is 2. The van der Waals surface area contributed by atoms with Crippen LogP contribution in [-0.4, -0.2) is 64.2 Å². The van der Waals surface area contributed by atoms with Crippen LogP contribution >= 0.6 is 11.3 Å². The molecule has 3 heterocycles. The lowest BCUT2D eigenvalue weighted by Crippen LogP contribution is -2.41. The number of hydrogen-bond donors (Lipinski definition) is 4. The lowest BCUT2D eigenvalue weighted by atomic mass is 10.1. The number of aliphatic hydroxyl groups excluding tert-OH is 2. The number of rotatable bonds is 7. The number of thiophene rings is 1. The first-order chi connectivity index (χ1) is 15.4. The molecular formula is C21H23N3O7S. The van der Waals surface area contributed by atoms with Gasteiger partial charge in [0.15, 0.2) is 6.23 Å². The number of benzene rings is 1. The fourth-order valence-electron chi connectivity index (χ4n) is 3.82. The average Bonchev–Trinajstić information content (AvgIpc) is 3.34. The minimum Gasteiger partial charge on any atom is -0.394 e. The second kappa shape index (κ2) is 9.35. The second-order valence-corrected chi connectivity index (χ2v) is 8.32. The van der Waals surface area contributed by atoms with Crippen molar-refractivity contribution >= 4 is 27.3 Å². The third-order valence-corrected chi connectivity index (χ3v) is 6.50. The number of hydrogen-bond acceptors (Lipinski definition) is 8. The van der Waals surface area contributed by atoms with Crippen molar-refractivity contribution in [2.45, 2.75) is 31.0 Å². The number of fused-ring (bicyclic) bond motifs is 1. The summed E-state index contributed by atoms with van der Waals surface area (Å²) in [6.07, 6.45) is -2.60. The van der Waals surface area contributed by atoms with Crippen LogP contribution in [0.3, 0.4) is 0 Å². The van der Waals surface area contributed by atoms with Gasteiger partial charge in [-0.15, -0.1) is 11.3 Å². The standard InChI is InChI=1S/C21H23N3O7S/c1-30-17-16(26)14(9-25)31-20(17)24-8-13(19(28)23-21(24)29)18(27)22-7-6-11-10-32-15-5-3-2-4-12(11)15/h2-5,8,10,14,16-17,20,25-26H,6-7,9H2,1H3,(H,22,27)(H,23,28,29)/t14-,16+,17-,20-/m1/s1. The summed E-state index contributed by atoms with van der Waals surface area (Å²) in [5.41, 5.74) is -0.846. The summed E-state index contributed by atoms with van der Waals surface area (Å²) < 4.78 is 12.9. The van der Waals surface area contributed by atoms with Crippen molar-refractivity contribution in [2.75, 3.05) is 20.3 Å². The molecule has 32 heavy (non-hydrogen) atoms. The predicted molar refractivity (Wildman–Crippen MR) is 117 cm³/mol. The molecule has 10 nitrogen and oxygen atoms in total. The summed E-state index contributed by atoms with van der Waals surface area (Å²) in [4.78, 5) is 39.4. The van der Waals surface area contributed by atoms with Crippen molar-refractivity contribution in [3.05, 3.63) is 67.8 Å². The number of carbonyl (C=O) groups is 1. The molecule has 11 heteroatoms. The maximum absolute atomic E-state index is 12.7. The Labute approximate surface area is 186 Å². The maximum atomic E-state index is 12.7. The van der Waals surface area contributed by atoms with Crippen LogP contribution in [0.25, 0.3) is 10.1 Å². The minimum absolute atomic E-state index is 0.278. The summed E-state index contributed by atoms with van der Waals surface area (Å²) in [6.45, 7) is -0.190. The molecule has 1 fully saturated rings. The smallest absolute Gasteiger partial charge is 0.330 e. The fourth-order valence-corrected chi connectivity index (χ4v) is 4.81. The molecule has 4 rings (SSSR count). The van der Waals surface area contributed by atoms with Crippen molar-refractivity contribution in [2.24, 2.45) is 0 Å². The highest BCUT2D eigenvalue weighted by atomic mass is 32.1. The minimum atomic E-state index is -1.19. The lowest BCUT2D eigenvalue weighted by Gasteiger charge is -2.20. The number of carbonyl (C=O) groups excluding carboxylic acids is 1. The zero-order valence-electron chi connectivity index (χ0n) is 17.2. The summed E-state index contributed by atoms with van der Waals surface area (Å²) in [7, 11) is 1.32. The number of aromatic nitrogens is 2. The molecule has 1 aromatic carbocycles. The van der Waals surface area contributed by atoms with Crippen LogP contribution in [0, 0.1) is 0 Å². The Bertz CT molecular complexity index is 1230. The molecule has 1 aliphatic heterocycles. The van der Waals surface area contributed by atoms with Gasteiger partial charge in [-0.3, -0.25) is 19.1 Å². The van der Waals surface area contributed by atoms with Gasteiger partial charge in [-0.25, -0.2) is 4.79 Å². The third kappa shape index (κ3) is 4.12. The molecule has 1 amide bonds. The predicted octanol–water partition coefficient (Wildman–Crippen LogP) is -0.0106. The van der Waals surface area contributed by atoms with Gasteiger partial charge in [-0.1, -0.05) is 18.2 Å². The van der Waals surface area contributed by atoms with Gasteiger partial charge in [-0.2, -0.15) is 0 Å². The number of aromatic amines is 1. The number of amides is 1. The Hall–Kier alpha value is -2.83. The van der Waals surface area contributed by atoms with E-state index in [0.717, 1.165) is 26.4 Å². The first-order valence-corrected chi connectivity index (χ1v) is 10.9. The van der Waals surface area contributed by atoms with Crippen LogP contribution in [0.4, 0.5) is 0 Å². The summed E-state index contributed by atoms with van der Waals surface area (Å²) in [6, 6.07) is 7.97. The van der Waals surface area contributed by atoms with Crippen molar-refractivity contribution < 1.29 is 24.5 Å². The van der Waals surface area contributed by atoms with Gasteiger partial charge >= 0.3 is 5.69 Å². The number of ether oxygens (including phenoxy) is 2. The summed E-state index contributed by atoms with van der Waals surface area (Å²) >= 11 is 1.62. The highest BCUT2D eigenvalue weighted by Crippen LogP contribution is 2.30. The Morgan fingerprint density at radius 2 is 2.12 bits per heavy atom. The third-order valence-electron chi connectivity index (χ3n) is 5.49. The van der Waals surface area contributed by atoms with E-state index < -0.39 is 48.3 Å². The Morgan fingerprint density at radius 1 is 1.34 bits per heavy atom. The van der Waals surface area contributed by atoms with E-state index in [9.17, 15) is 24.6 Å². The summed E-state index contributed by atoms with van der Waals surface area (Å²) in [5, 5.41) is 25.4. The molecule has 0 bridgehead atoms. The molecule has 0 unspecified atom stereocenters. The molecular weight excluding hydrogens is 438 g/mol. The van der Waals surface area contributed by atoms with Crippen LogP contribution in [0.2, 0.25) is 0 Å². The molecule has 170 valence electrons. The first kappa shape index (κ1) is 22.4. The Balaban J connectivity index is 1.51. The van der Waals surface area contributed by atoms with Crippen LogP contribution in [0.5, 0.6) is 0 Å². The zero-order chi connectivity index (χ0) is 22.8. The quantitative estimate of drug-likeness (QED) is 0.388. The van der Waals surface area contributed by atoms with Crippen LogP contribution in [0.15, 0.2) is 45.4 Å². The number of nitrogens with one attached hydrogen (secondary N) is 2. The van der Waals surface area contributed by atoms with E-state index in [1.807, 2.05) is 29.6 Å². The van der Waals surface area contributed by atoms with E-state index in [0.29, 0.717) is 13.0 Å². The number of nitrogens with zero attached hydrogens (tertiary/aromatic N) is 1. The van der Waals surface area contributed by atoms with Gasteiger partial charge in [0.2, 0.25) is 0 Å². The highest BCUT2D eigenvalue weighted by Gasteiger charge is 2.45. The van der Waals surface area contributed by atoms with Gasteiger partial charge < -0.3 is 25.0 Å². The van der Waals surface area contributed by atoms with Gasteiger partial charge in [0, 0.05) is 24.6 Å². The SMILES string of the molecule is CO[C@@H]1[C@@H](O)[C@@H](CO)O[C@H]1n1cc(C(=O)NCCc2csc3ccccc23)c(=O)[nH]c1=O. The van der Waals surface area contributed by atoms with Crippen LogP contribution < -0.4 is 16.6 Å². The maximum Gasteiger partial charge on any atom is 0.330 e. The normalized spacial score (nSPS) is 23.0. The van der Waals surface area contributed by atoms with E-state index in [1.165, 1.54) is 7.11 Å². The lowest BCUT2D eigenvalue weighted by molar-refractivity contribution is -0.0626. The first-order valence-electron chi connectivity index (χ1n) is 10.0. The topological polar surface area (TPSA) is 143 Å². The number of methoxy groups -OCH3 is 1. The zero-order valence-corrected chi connectivity index (χ0v) is 18.0. The molecule has 4 N–H and O–H groups in total. The van der Waals surface area contributed by atoms with Gasteiger partial charge in [-0.05, 0) is 28.8 Å². The van der Waals surface area contributed by atoms with E-state index in [1.54, 1.807) is 11.3 Å². The second-order valence-electron chi connectivity index (χ2n) is 7.41. The molecule has 0 saturated carbocycles. The van der Waals surface area contributed by atoms with Crippen molar-refractivity contribution in [3.8, 4) is 0 Å². The van der Waals surface area contributed by atoms with E-state index >= 15 is 0 Å². The molecule has 0 radical (unpaired) electrons. The molecule has 0 spiro atoms. The van der Waals surface area contributed by atoms with E-state index in [2.05, 4.69) is 10.3 Å². The molecule has 1 aliphatic rings. The summed E-state index contributed by atoms with van der Waals surface area (Å²) in [5.74, 6) is -0.647. The van der Waals surface area contributed by atoms with E-state index in [-0.39, 0.29) is 5.56 Å². The molecule has 3 aromatic rings. The van der Waals surface area contributed by atoms with Gasteiger partial charge in [0.1, 0.15) is 23.9 Å². The van der Waals surface area contributed by atoms with Crippen LogP contribution in [-0.2, 0) is 15.9 Å². The van der Waals surface area contributed by atoms with Crippen molar-refractivity contribution in [1.82, 2.24) is 14.9 Å². The van der Waals surface area contributed by atoms with Crippen LogP contribution in [0.1, 0.15) is 22.1 Å². The largest absolute Gasteiger partial charge is 0.394 e. The molecule has 1 saturated heterocycles. The Morgan fingerprint density at radius 3 is 2.88 bits per heavy atom. The molecule has 4 atom stereocenters. The Kier molecular flexibility index (Phi) is 6.53. The molecule has 0 aliphatic carbocycles. The van der Waals surface area contributed by atoms with Gasteiger partial charge in [0.25, 0.3) is 11.5 Å². The highest BCUT2D eigenvalue weighted by molar-refractivity contribution is 7.17. The molecule has 2 aromatic heterocycles. The van der Waals surface area contributed by atoms with E-state index in [4.69, 9.17) is 9.47 Å². The van der Waals surface area contributed by atoms with Crippen molar-refractivity contribution in [1.29, 1.82) is 0 Å². The fraction of sp³-hybridized carbons (Fsp3) is 0.381. The monoisotopic (exact) mass is 461 g/mol. The van der Waals surface area contributed by atoms with Gasteiger partial charge in [0.05, 0.1) is 6.61 Å². The average molecular weight is 461 g/mol. The van der Waals surface area contributed by atoms with Crippen molar-refractivity contribution in [3.63, 3.8) is 0 Å².